The van der Waals surface area contributed by atoms with Crippen LogP contribution in [0.25, 0.3) is 0 Å². The molecule has 59 heavy (non-hydrogen) atoms. The Morgan fingerprint density at radius 3 is 2.56 bits per heavy atom. The van der Waals surface area contributed by atoms with Crippen molar-refractivity contribution in [1.29, 1.82) is 0 Å². The van der Waals surface area contributed by atoms with Crippen molar-refractivity contribution in [3.63, 3.8) is 0 Å². The maximum atomic E-state index is 15.3. The third-order valence-corrected chi connectivity index (χ3v) is 14.0. The second-order valence-electron chi connectivity index (χ2n) is 16.3. The van der Waals surface area contributed by atoms with Gasteiger partial charge in [0.05, 0.1) is 17.6 Å². The molecule has 3 aliphatic heterocycles. The normalized spacial score (nSPS) is 17.8. The lowest BCUT2D eigenvalue weighted by molar-refractivity contribution is 0.0855. The van der Waals surface area contributed by atoms with Crippen molar-refractivity contribution in [2.24, 2.45) is 0 Å². The number of anilines is 6. The first-order chi connectivity index (χ1) is 28.8. The summed E-state index contributed by atoms with van der Waals surface area (Å²) in [7, 11) is 1.85. The van der Waals surface area contributed by atoms with Crippen molar-refractivity contribution in [3.05, 3.63) is 118 Å². The van der Waals surface area contributed by atoms with Crippen LogP contribution in [0.4, 0.5) is 38.9 Å². The fraction of sp³-hybridized carbons (Fsp3) is 0.447. The minimum atomic E-state index is -0.134. The molecule has 8 rings (SSSR count). The lowest BCUT2D eigenvalue weighted by Crippen LogP contribution is -2.53. The molecule has 4 aromatic rings. The van der Waals surface area contributed by atoms with Crippen LogP contribution in [-0.4, -0.2) is 91.5 Å². The summed E-state index contributed by atoms with van der Waals surface area (Å²) in [6.07, 6.45) is 14.9. The van der Waals surface area contributed by atoms with E-state index < -0.39 is 0 Å². The maximum Gasteiger partial charge on any atom is 0.229 e. The van der Waals surface area contributed by atoms with Gasteiger partial charge < -0.3 is 30.1 Å². The number of likely N-dealkylation sites (N-methyl/N-ethyl adjacent to an activating group) is 1. The van der Waals surface area contributed by atoms with E-state index in [1.807, 2.05) is 19.2 Å². The Hall–Kier alpha value is -4.29. The first-order valence-electron chi connectivity index (χ1n) is 21.5. The molecule has 0 amide bonds. The van der Waals surface area contributed by atoms with Crippen LogP contribution in [0.5, 0.6) is 0 Å². The minimum absolute atomic E-state index is 0.0575. The molecule has 4 heterocycles. The number of hydrogen-bond donors (Lipinski definition) is 3. The number of nitrogens with zero attached hydrogens (tertiary/aromatic N) is 6. The molecule has 312 valence electrons. The van der Waals surface area contributed by atoms with E-state index in [2.05, 4.69) is 95.8 Å². The Morgan fingerprint density at radius 1 is 0.983 bits per heavy atom. The average Bonchev–Trinajstić information content (AvgIpc) is 3.94. The van der Waals surface area contributed by atoms with E-state index in [4.69, 9.17) is 16.6 Å². The Bertz CT molecular complexity index is 2130. The van der Waals surface area contributed by atoms with Crippen LogP contribution in [0.15, 0.2) is 79.7 Å². The molecule has 1 atom stereocenters. The summed E-state index contributed by atoms with van der Waals surface area (Å²) in [5.74, 6) is 0.947. The maximum absolute atomic E-state index is 15.3. The van der Waals surface area contributed by atoms with Gasteiger partial charge in [0.25, 0.3) is 0 Å². The van der Waals surface area contributed by atoms with Crippen LogP contribution < -0.4 is 25.2 Å². The van der Waals surface area contributed by atoms with Crippen molar-refractivity contribution in [1.82, 2.24) is 25.1 Å². The molecule has 2 saturated heterocycles. The molecular formula is C47H59ClFN9S. The molecule has 2 fully saturated rings. The molecule has 12 heteroatoms. The van der Waals surface area contributed by atoms with E-state index in [0.29, 0.717) is 28.4 Å². The molecule has 4 aliphatic rings. The van der Waals surface area contributed by atoms with Crippen molar-refractivity contribution >= 4 is 58.1 Å². The number of benzene rings is 3. The van der Waals surface area contributed by atoms with Crippen LogP contribution in [0.2, 0.25) is 5.02 Å². The summed E-state index contributed by atoms with van der Waals surface area (Å²) in [5, 5.41) is 10.7. The number of allylic oxidation sites excluding steroid dienone is 2. The molecule has 1 aliphatic carbocycles. The molecular weight excluding hydrogens is 777 g/mol. The van der Waals surface area contributed by atoms with Crippen molar-refractivity contribution in [2.45, 2.75) is 69.7 Å². The van der Waals surface area contributed by atoms with Gasteiger partial charge in [-0.15, -0.1) is 6.58 Å². The van der Waals surface area contributed by atoms with E-state index in [9.17, 15) is 0 Å². The van der Waals surface area contributed by atoms with E-state index in [0.717, 1.165) is 120 Å². The predicted octanol–water partition coefficient (Wildman–Crippen LogP) is 9.50. The molecule has 0 spiro atoms. The van der Waals surface area contributed by atoms with Gasteiger partial charge in [-0.2, -0.15) is 4.98 Å². The quantitative estimate of drug-likeness (QED) is 0.0751. The SMILES string of the molecule is C=CCCC(C(=C)NC)c1ccc(CCN2CCN(C3CCN(c4ccc(Nc5ncc(Cl)c(Nc6cccc7c6N(SC)CC7)n5)c5c4CCC5)CC3)CC2)cc1F. The molecule has 3 aromatic carbocycles. The van der Waals surface area contributed by atoms with Gasteiger partial charge in [0.15, 0.2) is 5.82 Å². The summed E-state index contributed by atoms with van der Waals surface area (Å²) in [4.78, 5) is 17.3. The topological polar surface area (TPSA) is 74.8 Å². The zero-order valence-electron chi connectivity index (χ0n) is 34.7. The highest BCUT2D eigenvalue weighted by atomic mass is 35.5. The second-order valence-corrected chi connectivity index (χ2v) is 17.5. The first-order valence-corrected chi connectivity index (χ1v) is 23.0. The van der Waals surface area contributed by atoms with E-state index in [1.54, 1.807) is 24.2 Å². The van der Waals surface area contributed by atoms with Gasteiger partial charge in [-0.1, -0.05) is 60.5 Å². The number of aromatic nitrogens is 2. The van der Waals surface area contributed by atoms with Gasteiger partial charge in [-0.3, -0.25) is 4.90 Å². The van der Waals surface area contributed by atoms with E-state index >= 15 is 4.39 Å². The van der Waals surface area contributed by atoms with Gasteiger partial charge in [0.2, 0.25) is 5.95 Å². The number of nitrogens with one attached hydrogen (secondary N) is 3. The fourth-order valence-electron chi connectivity index (χ4n) is 9.66. The van der Waals surface area contributed by atoms with Crippen LogP contribution in [0, 0.1) is 5.82 Å². The molecule has 9 nitrogen and oxygen atoms in total. The van der Waals surface area contributed by atoms with Crippen molar-refractivity contribution in [2.75, 3.05) is 85.5 Å². The summed E-state index contributed by atoms with van der Waals surface area (Å²) in [6, 6.07) is 17.3. The summed E-state index contributed by atoms with van der Waals surface area (Å²) in [5.41, 5.74) is 11.5. The fourth-order valence-corrected chi connectivity index (χ4v) is 10.5. The minimum Gasteiger partial charge on any atom is -0.391 e. The Kier molecular flexibility index (Phi) is 13.3. The van der Waals surface area contributed by atoms with Crippen LogP contribution in [-0.2, 0) is 25.7 Å². The number of rotatable bonds is 16. The highest BCUT2D eigenvalue weighted by Gasteiger charge is 2.30. The van der Waals surface area contributed by atoms with Gasteiger partial charge in [0, 0.05) is 94.7 Å². The number of hydrogen-bond acceptors (Lipinski definition) is 10. The lowest BCUT2D eigenvalue weighted by Gasteiger charge is -2.43. The number of piperazine rings is 1. The van der Waals surface area contributed by atoms with E-state index in [1.165, 1.54) is 40.9 Å². The Morgan fingerprint density at radius 2 is 1.80 bits per heavy atom. The highest BCUT2D eigenvalue weighted by molar-refractivity contribution is 8.00. The molecule has 0 bridgehead atoms. The van der Waals surface area contributed by atoms with Gasteiger partial charge in [-0.25, -0.2) is 9.37 Å². The predicted molar refractivity (Wildman–Crippen MR) is 247 cm³/mol. The largest absolute Gasteiger partial charge is 0.391 e. The zero-order chi connectivity index (χ0) is 40.9. The number of para-hydroxylation sites is 1. The molecule has 1 aromatic heterocycles. The Balaban J connectivity index is 0.834. The monoisotopic (exact) mass is 835 g/mol. The van der Waals surface area contributed by atoms with E-state index in [-0.39, 0.29) is 11.7 Å². The number of fused-ring (bicyclic) bond motifs is 2. The number of halogens is 2. The summed E-state index contributed by atoms with van der Waals surface area (Å²) in [6.45, 7) is 16.4. The first kappa shape index (κ1) is 41.4. The van der Waals surface area contributed by atoms with Crippen molar-refractivity contribution < 1.29 is 4.39 Å². The zero-order valence-corrected chi connectivity index (χ0v) is 36.3. The second kappa shape index (κ2) is 19.0. The summed E-state index contributed by atoms with van der Waals surface area (Å²) < 4.78 is 17.7. The third kappa shape index (κ3) is 9.23. The van der Waals surface area contributed by atoms with Crippen LogP contribution in [0.3, 0.4) is 0 Å². The van der Waals surface area contributed by atoms with Gasteiger partial charge in [0.1, 0.15) is 10.8 Å². The van der Waals surface area contributed by atoms with Gasteiger partial charge >= 0.3 is 0 Å². The summed E-state index contributed by atoms with van der Waals surface area (Å²) >= 11 is 8.38. The standard InChI is InChI=1S/C47H59ClFN9S/c1-5-6-10-36(32(2)50-3)37-15-14-33(30-41(37)49)18-22-55-26-28-56(29-27-55)35-20-23-57(24-21-35)44-17-16-42(38-11-8-12-39(38)44)53-47-51-31-40(48)46(54-47)52-43-13-7-9-34-19-25-58(59-4)45(34)43/h5,7,9,13-17,30-31,35-36,50H,1-2,6,8,10-12,18-29H2,3-4H3,(H2,51,52,53,54). The smallest absolute Gasteiger partial charge is 0.229 e. The lowest BCUT2D eigenvalue weighted by atomic mass is 9.90. The number of piperidine rings is 1. The highest BCUT2D eigenvalue weighted by Crippen LogP contribution is 2.42. The molecule has 0 saturated carbocycles. The molecule has 1 unspecified atom stereocenters. The van der Waals surface area contributed by atoms with Gasteiger partial charge in [-0.05, 0) is 110 Å². The molecule has 0 radical (unpaired) electrons. The Labute approximate surface area is 359 Å². The van der Waals surface area contributed by atoms with Crippen LogP contribution in [0.1, 0.15) is 65.8 Å². The average molecular weight is 837 g/mol. The van der Waals surface area contributed by atoms with Crippen molar-refractivity contribution in [3.8, 4) is 0 Å². The van der Waals surface area contributed by atoms with Crippen LogP contribution >= 0.6 is 23.5 Å². The third-order valence-electron chi connectivity index (χ3n) is 13.0. The molecule has 3 N–H and O–H groups in total.